The van der Waals surface area contributed by atoms with Crippen LogP contribution in [-0.2, 0) is 20.9 Å². The van der Waals surface area contributed by atoms with Gasteiger partial charge in [0.05, 0.1) is 7.11 Å². The summed E-state index contributed by atoms with van der Waals surface area (Å²) in [6.07, 6.45) is 1.89. The van der Waals surface area contributed by atoms with Crippen LogP contribution in [0.15, 0.2) is 29.6 Å². The van der Waals surface area contributed by atoms with E-state index in [1.54, 1.807) is 12.0 Å². The number of rotatable bonds is 8. The molecule has 1 heterocycles. The maximum atomic E-state index is 12.6. The van der Waals surface area contributed by atoms with Gasteiger partial charge in [0.15, 0.2) is 17.4 Å². The Morgan fingerprint density at radius 2 is 1.96 bits per heavy atom. The van der Waals surface area contributed by atoms with Crippen LogP contribution in [0, 0.1) is 0 Å². The molecule has 2 aromatic rings. The molecule has 1 aromatic carbocycles. The SMILES string of the molecule is COc1ccc(CN(C(=O)COC(=O)c2csc(NC(C)=O)n2)C2CC2)cc1. The van der Waals surface area contributed by atoms with Gasteiger partial charge < -0.3 is 19.7 Å². The number of methoxy groups -OCH3 is 1. The topological polar surface area (TPSA) is 97.8 Å². The smallest absolute Gasteiger partial charge is 0.358 e. The van der Waals surface area contributed by atoms with Gasteiger partial charge in [0.2, 0.25) is 5.91 Å². The normalized spacial score (nSPS) is 12.9. The Morgan fingerprint density at radius 3 is 2.57 bits per heavy atom. The summed E-state index contributed by atoms with van der Waals surface area (Å²) < 4.78 is 10.3. The lowest BCUT2D eigenvalue weighted by Crippen LogP contribution is -2.36. The molecule has 3 rings (SSSR count). The maximum absolute atomic E-state index is 12.6. The first-order valence-corrected chi connectivity index (χ1v) is 9.67. The third-order valence-corrected chi connectivity index (χ3v) is 4.90. The molecule has 1 aliphatic carbocycles. The van der Waals surface area contributed by atoms with E-state index in [0.29, 0.717) is 11.7 Å². The number of ether oxygens (including phenoxy) is 2. The van der Waals surface area contributed by atoms with Crippen molar-refractivity contribution in [3.8, 4) is 5.75 Å². The van der Waals surface area contributed by atoms with Gasteiger partial charge in [-0.3, -0.25) is 9.59 Å². The number of nitrogens with zero attached hydrogens (tertiary/aromatic N) is 2. The van der Waals surface area contributed by atoms with Crippen molar-refractivity contribution in [3.05, 3.63) is 40.9 Å². The molecule has 28 heavy (non-hydrogen) atoms. The van der Waals surface area contributed by atoms with Crippen molar-refractivity contribution in [1.29, 1.82) is 0 Å². The Hall–Kier alpha value is -2.94. The highest BCUT2D eigenvalue weighted by Gasteiger charge is 2.33. The number of hydrogen-bond donors (Lipinski definition) is 1. The van der Waals surface area contributed by atoms with Crippen LogP contribution >= 0.6 is 11.3 Å². The lowest BCUT2D eigenvalue weighted by Gasteiger charge is -2.22. The summed E-state index contributed by atoms with van der Waals surface area (Å²) in [5, 5.41) is 4.29. The fourth-order valence-corrected chi connectivity index (χ4v) is 3.32. The lowest BCUT2D eigenvalue weighted by molar-refractivity contribution is -0.135. The first-order chi connectivity index (χ1) is 13.5. The van der Waals surface area contributed by atoms with E-state index in [0.717, 1.165) is 35.5 Å². The van der Waals surface area contributed by atoms with Crippen LogP contribution in [0.2, 0.25) is 0 Å². The Kier molecular flexibility index (Phi) is 6.25. The first-order valence-electron chi connectivity index (χ1n) is 8.79. The maximum Gasteiger partial charge on any atom is 0.358 e. The number of hydrogen-bond acceptors (Lipinski definition) is 7. The number of carbonyl (C=O) groups is 3. The second-order valence-corrected chi connectivity index (χ2v) is 7.25. The molecule has 9 heteroatoms. The molecule has 1 fully saturated rings. The van der Waals surface area contributed by atoms with E-state index in [9.17, 15) is 14.4 Å². The fourth-order valence-electron chi connectivity index (χ4n) is 2.59. The molecular formula is C19H21N3O5S. The lowest BCUT2D eigenvalue weighted by atomic mass is 10.2. The molecule has 0 bridgehead atoms. The number of thiazole rings is 1. The first kappa shape index (κ1) is 19.8. The van der Waals surface area contributed by atoms with Crippen LogP contribution in [0.1, 0.15) is 35.8 Å². The number of carbonyl (C=O) groups excluding carboxylic acids is 3. The zero-order chi connectivity index (χ0) is 20.1. The van der Waals surface area contributed by atoms with Gasteiger partial charge in [0.25, 0.3) is 5.91 Å². The summed E-state index contributed by atoms with van der Waals surface area (Å²) in [5.41, 5.74) is 1.04. The van der Waals surface area contributed by atoms with E-state index >= 15 is 0 Å². The Labute approximate surface area is 166 Å². The summed E-state index contributed by atoms with van der Waals surface area (Å²) in [6, 6.07) is 7.69. The molecule has 1 saturated carbocycles. The zero-order valence-corrected chi connectivity index (χ0v) is 16.5. The van der Waals surface area contributed by atoms with Crippen molar-refractivity contribution in [2.75, 3.05) is 19.0 Å². The molecule has 0 atom stereocenters. The van der Waals surface area contributed by atoms with E-state index in [1.165, 1.54) is 12.3 Å². The number of nitrogens with one attached hydrogen (secondary N) is 1. The van der Waals surface area contributed by atoms with Crippen molar-refractivity contribution in [3.63, 3.8) is 0 Å². The highest BCUT2D eigenvalue weighted by atomic mass is 32.1. The summed E-state index contributed by atoms with van der Waals surface area (Å²) in [7, 11) is 1.60. The average Bonchev–Trinajstić information content (AvgIpc) is 3.42. The standard InChI is InChI=1S/C19H21N3O5S/c1-12(23)20-19-21-16(11-28-19)18(25)27-10-17(24)22(14-5-6-14)9-13-3-7-15(26-2)8-4-13/h3-4,7-8,11,14H,5-6,9-10H2,1-2H3,(H,20,21,23). The van der Waals surface area contributed by atoms with Crippen LogP contribution in [0.4, 0.5) is 5.13 Å². The fraction of sp³-hybridized carbons (Fsp3) is 0.368. The molecule has 0 aliphatic heterocycles. The summed E-state index contributed by atoms with van der Waals surface area (Å²) in [5.74, 6) is -0.461. The third kappa shape index (κ3) is 5.29. The van der Waals surface area contributed by atoms with Crippen molar-refractivity contribution in [1.82, 2.24) is 9.88 Å². The van der Waals surface area contributed by atoms with Crippen molar-refractivity contribution in [2.24, 2.45) is 0 Å². The molecule has 0 radical (unpaired) electrons. The third-order valence-electron chi connectivity index (χ3n) is 4.14. The van der Waals surface area contributed by atoms with Crippen LogP contribution in [0.5, 0.6) is 5.75 Å². The molecule has 2 amide bonds. The van der Waals surface area contributed by atoms with Crippen molar-refractivity contribution < 1.29 is 23.9 Å². The second-order valence-electron chi connectivity index (χ2n) is 6.40. The Morgan fingerprint density at radius 1 is 1.25 bits per heavy atom. The summed E-state index contributed by atoms with van der Waals surface area (Å²) >= 11 is 1.12. The Bertz CT molecular complexity index is 861. The molecule has 0 unspecified atom stereocenters. The molecule has 0 spiro atoms. The van der Waals surface area contributed by atoms with E-state index in [2.05, 4.69) is 10.3 Å². The van der Waals surface area contributed by atoms with Gasteiger partial charge in [-0.25, -0.2) is 9.78 Å². The molecular weight excluding hydrogens is 382 g/mol. The minimum Gasteiger partial charge on any atom is -0.497 e. The quantitative estimate of drug-likeness (QED) is 0.680. The number of aromatic nitrogens is 1. The predicted octanol–water partition coefficient (Wildman–Crippen LogP) is 2.46. The molecule has 148 valence electrons. The number of benzene rings is 1. The zero-order valence-electron chi connectivity index (χ0n) is 15.6. The number of amides is 2. The van der Waals surface area contributed by atoms with Gasteiger partial charge in [0.1, 0.15) is 5.75 Å². The molecule has 8 nitrogen and oxygen atoms in total. The highest BCUT2D eigenvalue weighted by molar-refractivity contribution is 7.14. The minimum absolute atomic E-state index is 0.0645. The second kappa shape index (κ2) is 8.83. The van der Waals surface area contributed by atoms with Gasteiger partial charge in [-0.2, -0.15) is 0 Å². The monoisotopic (exact) mass is 403 g/mol. The highest BCUT2D eigenvalue weighted by Crippen LogP contribution is 2.29. The van der Waals surface area contributed by atoms with Gasteiger partial charge in [0, 0.05) is 24.9 Å². The summed E-state index contributed by atoms with van der Waals surface area (Å²) in [6.45, 7) is 1.46. The van der Waals surface area contributed by atoms with Crippen LogP contribution in [-0.4, -0.2) is 47.4 Å². The largest absolute Gasteiger partial charge is 0.497 e. The Balaban J connectivity index is 1.55. The van der Waals surface area contributed by atoms with Gasteiger partial charge in [-0.1, -0.05) is 12.1 Å². The molecule has 0 saturated heterocycles. The summed E-state index contributed by atoms with van der Waals surface area (Å²) in [4.78, 5) is 41.4. The van der Waals surface area contributed by atoms with Crippen LogP contribution in [0.3, 0.4) is 0 Å². The van der Waals surface area contributed by atoms with Gasteiger partial charge >= 0.3 is 5.97 Å². The van der Waals surface area contributed by atoms with Crippen LogP contribution < -0.4 is 10.1 Å². The molecule has 1 N–H and O–H groups in total. The van der Waals surface area contributed by atoms with E-state index in [4.69, 9.17) is 9.47 Å². The van der Waals surface area contributed by atoms with Crippen molar-refractivity contribution >= 4 is 34.3 Å². The number of esters is 1. The van der Waals surface area contributed by atoms with Crippen LogP contribution in [0.25, 0.3) is 0 Å². The van der Waals surface area contributed by atoms with E-state index < -0.39 is 5.97 Å². The minimum atomic E-state index is -0.693. The average molecular weight is 403 g/mol. The van der Waals surface area contributed by atoms with E-state index in [1.807, 2.05) is 24.3 Å². The molecule has 1 aromatic heterocycles. The van der Waals surface area contributed by atoms with E-state index in [-0.39, 0.29) is 30.2 Å². The number of anilines is 1. The van der Waals surface area contributed by atoms with Gasteiger partial charge in [-0.15, -0.1) is 11.3 Å². The van der Waals surface area contributed by atoms with Crippen molar-refractivity contribution in [2.45, 2.75) is 32.4 Å². The predicted molar refractivity (Wildman–Crippen MR) is 103 cm³/mol. The van der Waals surface area contributed by atoms with Gasteiger partial charge in [-0.05, 0) is 30.5 Å². The molecule has 1 aliphatic rings.